The average molecular weight is 511 g/mol. The Kier molecular flexibility index (Phi) is 5.32. The summed E-state index contributed by atoms with van der Waals surface area (Å²) >= 11 is 1.31. The van der Waals surface area contributed by atoms with Crippen LogP contribution in [-0.2, 0) is 13.2 Å². The maximum absolute atomic E-state index is 13.7. The number of hydrogen-bond donors (Lipinski definition) is 0. The Hall–Kier alpha value is -3.73. The molecule has 0 aliphatic heterocycles. The Morgan fingerprint density at radius 2 is 2.00 bits per heavy atom. The molecule has 7 nitrogen and oxygen atoms in total. The zero-order valence-electron chi connectivity index (χ0n) is 19.2. The van der Waals surface area contributed by atoms with Gasteiger partial charge in [-0.3, -0.25) is 8.97 Å². The Morgan fingerprint density at radius 1 is 1.17 bits per heavy atom. The lowest BCUT2D eigenvalue weighted by Gasteiger charge is -2.33. The van der Waals surface area contributed by atoms with Crippen LogP contribution in [0.1, 0.15) is 42.1 Å². The molecule has 1 fully saturated rings. The van der Waals surface area contributed by atoms with Gasteiger partial charge in [0.1, 0.15) is 12.2 Å². The van der Waals surface area contributed by atoms with E-state index in [1.54, 1.807) is 12.4 Å². The average Bonchev–Trinajstić information content (AvgIpc) is 3.56. The Labute approximate surface area is 207 Å². The van der Waals surface area contributed by atoms with Crippen molar-refractivity contribution in [1.82, 2.24) is 28.1 Å². The number of aryl methyl sites for hydroxylation is 1. The molecule has 0 radical (unpaired) electrons. The van der Waals surface area contributed by atoms with Crippen LogP contribution in [0.2, 0.25) is 0 Å². The normalized spacial score (nSPS) is 15.3. The largest absolute Gasteiger partial charge is 0.418 e. The second-order valence-electron chi connectivity index (χ2n) is 9.12. The number of aromatic nitrogens is 6. The van der Waals surface area contributed by atoms with Crippen molar-refractivity contribution >= 4 is 17.0 Å². The smallest absolute Gasteiger partial charge is 0.320 e. The lowest BCUT2D eigenvalue weighted by atomic mass is 9.72. The van der Waals surface area contributed by atoms with Crippen LogP contribution in [0.3, 0.4) is 0 Å². The molecular weight excluding hydrogens is 489 g/mol. The van der Waals surface area contributed by atoms with E-state index < -0.39 is 17.4 Å². The van der Waals surface area contributed by atoms with Gasteiger partial charge in [-0.2, -0.15) is 17.5 Å². The molecule has 5 aromatic rings. The van der Waals surface area contributed by atoms with Crippen molar-refractivity contribution in [3.05, 3.63) is 87.9 Å². The van der Waals surface area contributed by atoms with Crippen molar-refractivity contribution in [3.8, 4) is 16.9 Å². The third-order valence-corrected chi connectivity index (χ3v) is 7.52. The summed E-state index contributed by atoms with van der Waals surface area (Å²) in [4.78, 5) is 13.3. The van der Waals surface area contributed by atoms with Gasteiger partial charge in [-0.25, -0.2) is 4.79 Å². The molecule has 0 unspecified atom stereocenters. The Balaban J connectivity index is 1.59. The van der Waals surface area contributed by atoms with Gasteiger partial charge in [0.2, 0.25) is 0 Å². The highest BCUT2D eigenvalue weighted by atomic mass is 32.1. The molecular formula is C25H21F3N6OS. The second-order valence-corrected chi connectivity index (χ2v) is 9.79. The van der Waals surface area contributed by atoms with Crippen LogP contribution >= 0.6 is 11.5 Å². The molecule has 36 heavy (non-hydrogen) atoms. The van der Waals surface area contributed by atoms with E-state index in [4.69, 9.17) is 0 Å². The SMILES string of the molecule is Cn1cnnc1[C@H](c1cc(-c2ccsn2)cc(-n2cc3c(C(F)(F)F)cccn3c2=O)c1)C1CCC1. The number of halogens is 3. The fourth-order valence-corrected chi connectivity index (χ4v) is 5.51. The lowest BCUT2D eigenvalue weighted by molar-refractivity contribution is -0.136. The van der Waals surface area contributed by atoms with E-state index in [-0.39, 0.29) is 11.4 Å². The molecule has 184 valence electrons. The molecule has 1 atom stereocenters. The zero-order chi connectivity index (χ0) is 25.0. The number of imidazole rings is 1. The van der Waals surface area contributed by atoms with E-state index in [0.29, 0.717) is 11.6 Å². The van der Waals surface area contributed by atoms with Crippen LogP contribution in [0.15, 0.2) is 65.3 Å². The maximum atomic E-state index is 13.7. The van der Waals surface area contributed by atoms with Crippen LogP contribution < -0.4 is 5.69 Å². The maximum Gasteiger partial charge on any atom is 0.418 e. The topological polar surface area (TPSA) is 70.0 Å². The van der Waals surface area contributed by atoms with Gasteiger partial charge >= 0.3 is 11.9 Å². The summed E-state index contributed by atoms with van der Waals surface area (Å²) in [6.07, 6.45) is 2.90. The van der Waals surface area contributed by atoms with Crippen LogP contribution in [-0.4, -0.2) is 28.1 Å². The number of nitrogens with zero attached hydrogens (tertiary/aromatic N) is 6. The summed E-state index contributed by atoms with van der Waals surface area (Å²) in [6.45, 7) is 0. The van der Waals surface area contributed by atoms with Crippen molar-refractivity contribution in [1.29, 1.82) is 0 Å². The number of fused-ring (bicyclic) bond motifs is 1. The number of pyridine rings is 1. The predicted octanol–water partition coefficient (Wildman–Crippen LogP) is 5.29. The van der Waals surface area contributed by atoms with Crippen LogP contribution in [0, 0.1) is 5.92 Å². The highest BCUT2D eigenvalue weighted by molar-refractivity contribution is 7.03. The molecule has 0 N–H and O–H groups in total. The molecule has 0 saturated heterocycles. The predicted molar refractivity (Wildman–Crippen MR) is 129 cm³/mol. The van der Waals surface area contributed by atoms with E-state index in [1.807, 2.05) is 35.2 Å². The molecule has 4 heterocycles. The third-order valence-electron chi connectivity index (χ3n) is 6.96. The molecule has 0 amide bonds. The van der Waals surface area contributed by atoms with Crippen LogP contribution in [0.5, 0.6) is 0 Å². The van der Waals surface area contributed by atoms with Crippen LogP contribution in [0.25, 0.3) is 22.5 Å². The number of rotatable bonds is 5. The molecule has 1 aliphatic rings. The standard InChI is InChI=1S/C25H21F3N6OS/c1-32-14-29-30-23(32)22(15-4-2-5-15)17-10-16(20-7-9-36-31-20)11-18(12-17)34-13-21-19(25(26,27)28)6-3-8-33(21)24(34)35/h3,6-15,22H,2,4-5H2,1H3/t22-/m0/s1. The van der Waals surface area contributed by atoms with E-state index in [0.717, 1.165) is 52.4 Å². The molecule has 0 bridgehead atoms. The van der Waals surface area contributed by atoms with Crippen LogP contribution in [0.4, 0.5) is 13.2 Å². The first-order valence-corrected chi connectivity index (χ1v) is 12.3. The molecule has 11 heteroatoms. The van der Waals surface area contributed by atoms with Gasteiger partial charge in [0.25, 0.3) is 0 Å². The van der Waals surface area contributed by atoms with Gasteiger partial charge in [-0.05, 0) is 72.3 Å². The highest BCUT2D eigenvalue weighted by Crippen LogP contribution is 2.44. The summed E-state index contributed by atoms with van der Waals surface area (Å²) in [7, 11) is 1.90. The third kappa shape index (κ3) is 3.74. The number of benzene rings is 1. The molecule has 1 saturated carbocycles. The van der Waals surface area contributed by atoms with Crippen molar-refractivity contribution in [3.63, 3.8) is 0 Å². The Bertz CT molecular complexity index is 1610. The van der Waals surface area contributed by atoms with Gasteiger partial charge in [-0.15, -0.1) is 10.2 Å². The zero-order valence-corrected chi connectivity index (χ0v) is 20.0. The monoisotopic (exact) mass is 510 g/mol. The minimum absolute atomic E-state index is 0.0675. The molecule has 4 aromatic heterocycles. The minimum atomic E-state index is -4.58. The number of hydrogen-bond acceptors (Lipinski definition) is 5. The van der Waals surface area contributed by atoms with Gasteiger partial charge in [0, 0.05) is 36.3 Å². The van der Waals surface area contributed by atoms with Crippen molar-refractivity contribution in [2.75, 3.05) is 0 Å². The van der Waals surface area contributed by atoms with Crippen molar-refractivity contribution in [2.24, 2.45) is 13.0 Å². The van der Waals surface area contributed by atoms with Crippen molar-refractivity contribution < 1.29 is 13.2 Å². The molecule has 6 rings (SSSR count). The van der Waals surface area contributed by atoms with E-state index in [9.17, 15) is 18.0 Å². The van der Waals surface area contributed by atoms with Gasteiger partial charge in [0.05, 0.1) is 22.5 Å². The van der Waals surface area contributed by atoms with E-state index in [2.05, 4.69) is 14.6 Å². The van der Waals surface area contributed by atoms with Crippen molar-refractivity contribution in [2.45, 2.75) is 31.4 Å². The second kappa shape index (κ2) is 8.44. The molecule has 1 aliphatic carbocycles. The summed E-state index contributed by atoms with van der Waals surface area (Å²) in [5, 5.41) is 10.3. The van der Waals surface area contributed by atoms with Gasteiger partial charge in [-0.1, -0.05) is 6.42 Å². The fourth-order valence-electron chi connectivity index (χ4n) is 4.98. The quantitative estimate of drug-likeness (QED) is 0.322. The first-order chi connectivity index (χ1) is 17.3. The first-order valence-electron chi connectivity index (χ1n) is 11.5. The summed E-state index contributed by atoms with van der Waals surface area (Å²) in [5.41, 5.74) is 1.30. The van der Waals surface area contributed by atoms with Gasteiger partial charge < -0.3 is 4.57 Å². The van der Waals surface area contributed by atoms with E-state index >= 15 is 0 Å². The van der Waals surface area contributed by atoms with E-state index in [1.165, 1.54) is 34.6 Å². The lowest BCUT2D eigenvalue weighted by Crippen LogP contribution is -2.24. The fraction of sp³-hybridized carbons (Fsp3) is 0.280. The van der Waals surface area contributed by atoms with Gasteiger partial charge in [0.15, 0.2) is 0 Å². The summed E-state index contributed by atoms with van der Waals surface area (Å²) in [5.74, 6) is 1.10. The highest BCUT2D eigenvalue weighted by Gasteiger charge is 2.35. The minimum Gasteiger partial charge on any atom is -0.320 e. The Morgan fingerprint density at radius 3 is 2.64 bits per heavy atom. The summed E-state index contributed by atoms with van der Waals surface area (Å²) < 4.78 is 49.7. The molecule has 0 spiro atoms. The number of alkyl halides is 3. The first kappa shape index (κ1) is 22.7. The molecule has 1 aromatic carbocycles. The summed E-state index contributed by atoms with van der Waals surface area (Å²) in [6, 6.07) is 9.81.